The molecule has 1 aromatic heterocycles. The van der Waals surface area contributed by atoms with Gasteiger partial charge in [0.2, 0.25) is 20.0 Å². The predicted molar refractivity (Wildman–Crippen MR) is 104 cm³/mol. The summed E-state index contributed by atoms with van der Waals surface area (Å²) in [4.78, 5) is 13.0. The van der Waals surface area contributed by atoms with E-state index in [1.165, 1.54) is 28.9 Å². The van der Waals surface area contributed by atoms with Crippen molar-refractivity contribution in [3.05, 3.63) is 41.8 Å². The minimum atomic E-state index is -4.08. The van der Waals surface area contributed by atoms with Crippen LogP contribution in [0.25, 0.3) is 10.4 Å². The fraction of sp³-hybridized carbons (Fsp3) is 0.312. The van der Waals surface area contributed by atoms with Crippen LogP contribution in [0.2, 0.25) is 0 Å². The third-order valence-electron chi connectivity index (χ3n) is 4.44. The van der Waals surface area contributed by atoms with Gasteiger partial charge in [0.15, 0.2) is 0 Å². The molecule has 0 bridgehead atoms. The number of carbonyl (C=O) groups is 1. The lowest BCUT2D eigenvalue weighted by Gasteiger charge is -2.38. The maximum absolute atomic E-state index is 13.1. The van der Waals surface area contributed by atoms with Gasteiger partial charge in [-0.3, -0.25) is 10.0 Å². The maximum Gasteiger partial charge on any atom is 0.263 e. The van der Waals surface area contributed by atoms with Crippen molar-refractivity contribution in [2.45, 2.75) is 10.9 Å². The number of thiophene rings is 1. The predicted octanol–water partition coefficient (Wildman–Crippen LogP) is 0.555. The number of sulfonamides is 2. The summed E-state index contributed by atoms with van der Waals surface area (Å²) in [5, 5.41) is 10.9. The Morgan fingerprint density at radius 2 is 1.82 bits per heavy atom. The van der Waals surface area contributed by atoms with Gasteiger partial charge in [-0.2, -0.15) is 8.61 Å². The molecule has 0 aliphatic carbocycles. The Balaban J connectivity index is 1.92. The van der Waals surface area contributed by atoms with Gasteiger partial charge < -0.3 is 0 Å². The third kappa shape index (κ3) is 4.11. The Bertz CT molecular complexity index is 1050. The second kappa shape index (κ2) is 7.89. The molecule has 1 fully saturated rings. The summed E-state index contributed by atoms with van der Waals surface area (Å²) in [6, 6.07) is 8.67. The molecule has 0 radical (unpaired) electrons. The molecular weight excluding hydrogens is 426 g/mol. The van der Waals surface area contributed by atoms with E-state index in [9.17, 15) is 21.6 Å². The van der Waals surface area contributed by atoms with Crippen molar-refractivity contribution >= 4 is 37.3 Å². The zero-order chi connectivity index (χ0) is 20.5. The minimum Gasteiger partial charge on any atom is -0.289 e. The van der Waals surface area contributed by atoms with Crippen molar-refractivity contribution in [1.82, 2.24) is 14.1 Å². The summed E-state index contributed by atoms with van der Waals surface area (Å²) in [7, 11) is -7.69. The SMILES string of the molecule is CS(=O)(=O)N1CCN(S(=O)(=O)c2ccc(-c3cccs3)cc2)[C@@H](C(=O)NO)C1. The van der Waals surface area contributed by atoms with E-state index in [1.54, 1.807) is 12.1 Å². The first-order chi connectivity index (χ1) is 13.1. The lowest BCUT2D eigenvalue weighted by Crippen LogP contribution is -2.60. The van der Waals surface area contributed by atoms with Crippen LogP contribution in [-0.4, -0.2) is 68.5 Å². The monoisotopic (exact) mass is 445 g/mol. The van der Waals surface area contributed by atoms with Crippen LogP contribution in [0.5, 0.6) is 0 Å². The average Bonchev–Trinajstić information content (AvgIpc) is 3.21. The Kier molecular flexibility index (Phi) is 5.89. The van der Waals surface area contributed by atoms with Gasteiger partial charge in [-0.25, -0.2) is 22.3 Å². The van der Waals surface area contributed by atoms with Crippen molar-refractivity contribution in [2.75, 3.05) is 25.9 Å². The van der Waals surface area contributed by atoms with Crippen LogP contribution in [0, 0.1) is 0 Å². The molecule has 0 spiro atoms. The van der Waals surface area contributed by atoms with E-state index >= 15 is 0 Å². The molecular formula is C16H19N3O6S3. The highest BCUT2D eigenvalue weighted by Gasteiger charge is 2.42. The van der Waals surface area contributed by atoms with Crippen molar-refractivity contribution in [3.63, 3.8) is 0 Å². The van der Waals surface area contributed by atoms with E-state index in [-0.39, 0.29) is 24.5 Å². The maximum atomic E-state index is 13.1. The smallest absolute Gasteiger partial charge is 0.263 e. The largest absolute Gasteiger partial charge is 0.289 e. The number of nitrogens with zero attached hydrogens (tertiary/aromatic N) is 2. The lowest BCUT2D eigenvalue weighted by atomic mass is 10.2. The Morgan fingerprint density at radius 3 is 2.36 bits per heavy atom. The fourth-order valence-electron chi connectivity index (χ4n) is 2.99. The van der Waals surface area contributed by atoms with Gasteiger partial charge in [0.25, 0.3) is 5.91 Å². The van der Waals surface area contributed by atoms with Gasteiger partial charge >= 0.3 is 0 Å². The van der Waals surface area contributed by atoms with Crippen molar-refractivity contribution in [1.29, 1.82) is 0 Å². The van der Waals surface area contributed by atoms with Gasteiger partial charge in [-0.1, -0.05) is 18.2 Å². The van der Waals surface area contributed by atoms with Crippen LogP contribution in [0.1, 0.15) is 0 Å². The molecule has 9 nitrogen and oxygen atoms in total. The number of hydrogen-bond donors (Lipinski definition) is 2. The number of piperazine rings is 1. The molecule has 3 rings (SSSR count). The Hall–Kier alpha value is -1.83. The Morgan fingerprint density at radius 1 is 1.14 bits per heavy atom. The lowest BCUT2D eigenvalue weighted by molar-refractivity contribution is -0.134. The first-order valence-corrected chi connectivity index (χ1v) is 12.4. The minimum absolute atomic E-state index is 0.0173. The molecule has 1 saturated heterocycles. The standard InChI is InChI=1S/C16H19N3O6S3/c1-27(22,23)18-8-9-19(14(11-18)16(20)17-21)28(24,25)13-6-4-12(5-7-13)15-3-2-10-26-15/h2-7,10,14,21H,8-9,11H2,1H3,(H,17,20)/t14-/m1/s1. The van der Waals surface area contributed by atoms with E-state index in [2.05, 4.69) is 0 Å². The number of nitrogens with one attached hydrogen (secondary N) is 1. The van der Waals surface area contributed by atoms with Gasteiger partial charge in [0, 0.05) is 24.5 Å². The molecule has 1 atom stereocenters. The van der Waals surface area contributed by atoms with Crippen molar-refractivity contribution in [3.8, 4) is 10.4 Å². The molecule has 0 unspecified atom stereocenters. The molecule has 2 aromatic rings. The van der Waals surface area contributed by atoms with Gasteiger partial charge in [-0.15, -0.1) is 11.3 Å². The number of benzene rings is 1. The highest BCUT2D eigenvalue weighted by molar-refractivity contribution is 7.89. The molecule has 2 N–H and O–H groups in total. The highest BCUT2D eigenvalue weighted by Crippen LogP contribution is 2.28. The summed E-state index contributed by atoms with van der Waals surface area (Å²) in [5.74, 6) is -0.993. The second-order valence-electron chi connectivity index (χ2n) is 6.23. The van der Waals surface area contributed by atoms with Crippen LogP contribution in [0.4, 0.5) is 0 Å². The van der Waals surface area contributed by atoms with E-state index in [4.69, 9.17) is 5.21 Å². The number of hydroxylamine groups is 1. The molecule has 28 heavy (non-hydrogen) atoms. The zero-order valence-electron chi connectivity index (χ0n) is 14.8. The number of amides is 1. The van der Waals surface area contributed by atoms with Crippen LogP contribution in [0.3, 0.4) is 0 Å². The molecule has 12 heteroatoms. The van der Waals surface area contributed by atoms with E-state index in [0.29, 0.717) is 0 Å². The second-order valence-corrected chi connectivity index (χ2v) is 11.1. The van der Waals surface area contributed by atoms with E-state index in [0.717, 1.165) is 25.3 Å². The van der Waals surface area contributed by atoms with Crippen LogP contribution in [0.15, 0.2) is 46.7 Å². The summed E-state index contributed by atoms with van der Waals surface area (Å²) < 4.78 is 51.6. The fourth-order valence-corrected chi connectivity index (χ4v) is 6.12. The first kappa shape index (κ1) is 20.9. The summed E-state index contributed by atoms with van der Waals surface area (Å²) in [5.41, 5.74) is 2.28. The van der Waals surface area contributed by atoms with Gasteiger partial charge in [0.1, 0.15) is 6.04 Å². The molecule has 0 saturated carbocycles. The molecule has 2 heterocycles. The molecule has 1 aliphatic heterocycles. The van der Waals surface area contributed by atoms with E-state index in [1.807, 2.05) is 17.5 Å². The summed E-state index contributed by atoms with van der Waals surface area (Å²) in [6.45, 7) is -0.668. The van der Waals surface area contributed by atoms with Crippen LogP contribution >= 0.6 is 11.3 Å². The van der Waals surface area contributed by atoms with Gasteiger partial charge in [-0.05, 0) is 29.1 Å². The number of carbonyl (C=O) groups excluding carboxylic acids is 1. The zero-order valence-corrected chi connectivity index (χ0v) is 17.3. The number of hydrogen-bond acceptors (Lipinski definition) is 7. The molecule has 1 amide bonds. The third-order valence-corrected chi connectivity index (χ3v) is 8.55. The van der Waals surface area contributed by atoms with Crippen LogP contribution in [-0.2, 0) is 24.8 Å². The van der Waals surface area contributed by atoms with Crippen molar-refractivity contribution in [2.24, 2.45) is 0 Å². The van der Waals surface area contributed by atoms with Crippen LogP contribution < -0.4 is 5.48 Å². The van der Waals surface area contributed by atoms with Gasteiger partial charge in [0.05, 0.1) is 11.2 Å². The molecule has 1 aliphatic rings. The molecule has 1 aromatic carbocycles. The first-order valence-electron chi connectivity index (χ1n) is 8.19. The summed E-state index contributed by atoms with van der Waals surface area (Å²) >= 11 is 1.52. The quantitative estimate of drug-likeness (QED) is 0.512. The summed E-state index contributed by atoms with van der Waals surface area (Å²) in [6.07, 6.45) is 0.981. The number of rotatable bonds is 5. The topological polar surface area (TPSA) is 124 Å². The Labute approximate surface area is 167 Å². The average molecular weight is 446 g/mol. The van der Waals surface area contributed by atoms with E-state index < -0.39 is 32.0 Å². The normalized spacial score (nSPS) is 19.4. The molecule has 152 valence electrons. The highest BCUT2D eigenvalue weighted by atomic mass is 32.2. The van der Waals surface area contributed by atoms with Crippen molar-refractivity contribution < 1.29 is 26.8 Å².